The van der Waals surface area contributed by atoms with Crippen LogP contribution in [0.2, 0.25) is 0 Å². The monoisotopic (exact) mass is 360 g/mol. The molecule has 0 unspecified atom stereocenters. The third-order valence-corrected chi connectivity index (χ3v) is 6.17. The molecule has 0 saturated carbocycles. The number of hydrogen-bond donors (Lipinski definition) is 1. The first-order valence-electron chi connectivity index (χ1n) is 9.78. The number of furan rings is 1. The molecule has 1 spiro atoms. The highest BCUT2D eigenvalue weighted by Crippen LogP contribution is 2.39. The molecule has 2 fully saturated rings. The standard InChI is InChI=1S/C23H24N2O2/c26-22-20(17-6-2-1-3-7-17)15-23(24-22)10-12-25(13-11-23)16-19-14-18-8-4-5-9-21(18)27-19/h1-9,14,20H,10-13,15-16H2,(H,24,26)/t20-/m1/s1. The van der Waals surface area contributed by atoms with Gasteiger partial charge in [-0.25, -0.2) is 0 Å². The lowest BCUT2D eigenvalue weighted by Crippen LogP contribution is -2.50. The summed E-state index contributed by atoms with van der Waals surface area (Å²) in [5, 5.41) is 4.50. The number of carbonyl (C=O) groups excluding carboxylic acids is 1. The van der Waals surface area contributed by atoms with Crippen molar-refractivity contribution < 1.29 is 9.21 Å². The highest BCUT2D eigenvalue weighted by atomic mass is 16.3. The van der Waals surface area contributed by atoms with Crippen molar-refractivity contribution in [2.45, 2.75) is 37.3 Å². The van der Waals surface area contributed by atoms with Crippen LogP contribution in [-0.2, 0) is 11.3 Å². The summed E-state index contributed by atoms with van der Waals surface area (Å²) in [6.45, 7) is 2.80. The maximum absolute atomic E-state index is 12.6. The number of para-hydroxylation sites is 1. The molecule has 5 rings (SSSR count). The summed E-state index contributed by atoms with van der Waals surface area (Å²) in [4.78, 5) is 15.0. The highest BCUT2D eigenvalue weighted by molar-refractivity contribution is 5.87. The van der Waals surface area contributed by atoms with Crippen LogP contribution < -0.4 is 5.32 Å². The number of benzene rings is 2. The molecule has 0 aliphatic carbocycles. The molecule has 3 heterocycles. The average Bonchev–Trinajstić information content (AvgIpc) is 3.25. The van der Waals surface area contributed by atoms with E-state index in [0.717, 1.165) is 61.2 Å². The Labute approximate surface area is 159 Å². The minimum atomic E-state index is -0.0397. The number of likely N-dealkylation sites (tertiary alicyclic amines) is 1. The smallest absolute Gasteiger partial charge is 0.228 e. The van der Waals surface area contributed by atoms with E-state index < -0.39 is 0 Å². The van der Waals surface area contributed by atoms with E-state index in [0.29, 0.717) is 0 Å². The lowest BCUT2D eigenvalue weighted by molar-refractivity contribution is -0.121. The normalized spacial score (nSPS) is 22.4. The molecular weight excluding hydrogens is 336 g/mol. The Morgan fingerprint density at radius 3 is 2.56 bits per heavy atom. The summed E-state index contributed by atoms with van der Waals surface area (Å²) >= 11 is 0. The fourth-order valence-corrected chi connectivity index (χ4v) is 4.64. The number of nitrogens with zero attached hydrogens (tertiary/aromatic N) is 1. The summed E-state index contributed by atoms with van der Waals surface area (Å²) in [7, 11) is 0. The predicted molar refractivity (Wildman–Crippen MR) is 105 cm³/mol. The van der Waals surface area contributed by atoms with Gasteiger partial charge in [-0.1, -0.05) is 48.5 Å². The summed E-state index contributed by atoms with van der Waals surface area (Å²) in [6.07, 6.45) is 2.92. The van der Waals surface area contributed by atoms with Crippen molar-refractivity contribution in [3.05, 3.63) is 72.0 Å². The fourth-order valence-electron chi connectivity index (χ4n) is 4.64. The van der Waals surface area contributed by atoms with Gasteiger partial charge in [0.05, 0.1) is 12.5 Å². The molecule has 1 amide bonds. The van der Waals surface area contributed by atoms with Crippen molar-refractivity contribution in [3.8, 4) is 0 Å². The van der Waals surface area contributed by atoms with Crippen LogP contribution in [0.15, 0.2) is 65.1 Å². The fraction of sp³-hybridized carbons (Fsp3) is 0.348. The van der Waals surface area contributed by atoms with E-state index >= 15 is 0 Å². The lowest BCUT2D eigenvalue weighted by atomic mass is 9.82. The zero-order chi connectivity index (χ0) is 18.3. The van der Waals surface area contributed by atoms with Crippen molar-refractivity contribution in [2.75, 3.05) is 13.1 Å². The van der Waals surface area contributed by atoms with E-state index in [1.54, 1.807) is 0 Å². The molecule has 1 atom stereocenters. The predicted octanol–water partition coefficient (Wildman–Crippen LogP) is 4.07. The van der Waals surface area contributed by atoms with Gasteiger partial charge >= 0.3 is 0 Å². The lowest BCUT2D eigenvalue weighted by Gasteiger charge is -2.39. The second-order valence-electron chi connectivity index (χ2n) is 7.96. The van der Waals surface area contributed by atoms with Gasteiger partial charge in [0.1, 0.15) is 11.3 Å². The number of amides is 1. The first-order valence-corrected chi connectivity index (χ1v) is 9.78. The van der Waals surface area contributed by atoms with Gasteiger partial charge in [0.2, 0.25) is 5.91 Å². The van der Waals surface area contributed by atoms with E-state index in [9.17, 15) is 4.79 Å². The summed E-state index contributed by atoms with van der Waals surface area (Å²) in [5.41, 5.74) is 2.05. The Morgan fingerprint density at radius 2 is 1.78 bits per heavy atom. The van der Waals surface area contributed by atoms with Crippen molar-refractivity contribution in [2.24, 2.45) is 0 Å². The molecule has 2 saturated heterocycles. The second kappa shape index (κ2) is 6.54. The molecular formula is C23H24N2O2. The van der Waals surface area contributed by atoms with E-state index in [4.69, 9.17) is 4.42 Å². The zero-order valence-electron chi connectivity index (χ0n) is 15.4. The number of carbonyl (C=O) groups is 1. The zero-order valence-corrected chi connectivity index (χ0v) is 15.4. The topological polar surface area (TPSA) is 45.5 Å². The summed E-state index contributed by atoms with van der Waals surface area (Å²) < 4.78 is 5.97. The van der Waals surface area contributed by atoms with Crippen molar-refractivity contribution in [1.29, 1.82) is 0 Å². The van der Waals surface area contributed by atoms with Crippen LogP contribution in [0.25, 0.3) is 11.0 Å². The van der Waals surface area contributed by atoms with Gasteiger partial charge in [0, 0.05) is 24.0 Å². The quantitative estimate of drug-likeness (QED) is 0.766. The number of piperidine rings is 1. The van der Waals surface area contributed by atoms with Crippen molar-refractivity contribution in [1.82, 2.24) is 10.2 Å². The van der Waals surface area contributed by atoms with Gasteiger partial charge in [-0.05, 0) is 37.0 Å². The van der Waals surface area contributed by atoms with Crippen LogP contribution in [0.3, 0.4) is 0 Å². The minimum absolute atomic E-state index is 0.00637. The van der Waals surface area contributed by atoms with Crippen molar-refractivity contribution >= 4 is 16.9 Å². The first-order chi connectivity index (χ1) is 13.2. The molecule has 0 radical (unpaired) electrons. The van der Waals surface area contributed by atoms with Crippen LogP contribution in [0.4, 0.5) is 0 Å². The molecule has 2 aliphatic rings. The number of fused-ring (bicyclic) bond motifs is 1. The Kier molecular flexibility index (Phi) is 4.01. The molecule has 4 nitrogen and oxygen atoms in total. The molecule has 1 aromatic heterocycles. The average molecular weight is 360 g/mol. The maximum Gasteiger partial charge on any atom is 0.228 e. The molecule has 27 heavy (non-hydrogen) atoms. The number of rotatable bonds is 3. The number of nitrogens with one attached hydrogen (secondary N) is 1. The molecule has 2 aliphatic heterocycles. The van der Waals surface area contributed by atoms with E-state index in [2.05, 4.69) is 34.5 Å². The molecule has 138 valence electrons. The van der Waals surface area contributed by atoms with Crippen LogP contribution >= 0.6 is 0 Å². The largest absolute Gasteiger partial charge is 0.460 e. The Morgan fingerprint density at radius 1 is 1.04 bits per heavy atom. The van der Waals surface area contributed by atoms with E-state index in [-0.39, 0.29) is 17.4 Å². The highest BCUT2D eigenvalue weighted by Gasteiger charge is 2.46. The first kappa shape index (κ1) is 16.6. The van der Waals surface area contributed by atoms with Crippen LogP contribution in [-0.4, -0.2) is 29.4 Å². The van der Waals surface area contributed by atoms with Crippen molar-refractivity contribution in [3.63, 3.8) is 0 Å². The molecule has 4 heteroatoms. The third-order valence-electron chi connectivity index (χ3n) is 6.17. The van der Waals surface area contributed by atoms with Gasteiger partial charge in [-0.2, -0.15) is 0 Å². The molecule has 1 N–H and O–H groups in total. The summed E-state index contributed by atoms with van der Waals surface area (Å²) in [5.74, 6) is 1.20. The van der Waals surface area contributed by atoms with Gasteiger partial charge in [0.15, 0.2) is 0 Å². The molecule has 2 aromatic carbocycles. The minimum Gasteiger partial charge on any atom is -0.460 e. The Balaban J connectivity index is 1.24. The SMILES string of the molecule is O=C1NC2(CCN(Cc3cc4ccccc4o3)CC2)C[C@@H]1c1ccccc1. The molecule has 3 aromatic rings. The maximum atomic E-state index is 12.6. The Bertz CT molecular complexity index is 922. The Hall–Kier alpha value is -2.59. The van der Waals surface area contributed by atoms with Crippen LogP contribution in [0, 0.1) is 0 Å². The second-order valence-corrected chi connectivity index (χ2v) is 7.96. The van der Waals surface area contributed by atoms with E-state index in [1.807, 2.05) is 36.4 Å². The number of hydrogen-bond acceptors (Lipinski definition) is 3. The van der Waals surface area contributed by atoms with Crippen LogP contribution in [0.1, 0.15) is 36.5 Å². The third kappa shape index (κ3) is 3.15. The van der Waals surface area contributed by atoms with Gasteiger partial charge in [-0.15, -0.1) is 0 Å². The van der Waals surface area contributed by atoms with Crippen LogP contribution in [0.5, 0.6) is 0 Å². The van der Waals surface area contributed by atoms with E-state index in [1.165, 1.54) is 0 Å². The molecule has 0 bridgehead atoms. The van der Waals surface area contributed by atoms with Gasteiger partial charge in [0.25, 0.3) is 0 Å². The van der Waals surface area contributed by atoms with Gasteiger partial charge < -0.3 is 9.73 Å². The van der Waals surface area contributed by atoms with Gasteiger partial charge in [-0.3, -0.25) is 9.69 Å². The summed E-state index contributed by atoms with van der Waals surface area (Å²) in [6, 6.07) is 20.5.